The monoisotopic (exact) mass is 239 g/mol. The third-order valence-electron chi connectivity index (χ3n) is 4.59. The van der Waals surface area contributed by atoms with Crippen LogP contribution in [0.5, 0.6) is 0 Å². The van der Waals surface area contributed by atoms with E-state index in [1.807, 2.05) is 18.7 Å². The normalized spacial score (nSPS) is 27.9. The summed E-state index contributed by atoms with van der Waals surface area (Å²) in [6.07, 6.45) is 3.42. The zero-order valence-corrected chi connectivity index (χ0v) is 10.6. The summed E-state index contributed by atoms with van der Waals surface area (Å²) in [6.45, 7) is 5.47. The highest BCUT2D eigenvalue weighted by molar-refractivity contribution is 5.79. The van der Waals surface area contributed by atoms with Crippen molar-refractivity contribution < 1.29 is 14.7 Å². The fourth-order valence-electron chi connectivity index (χ4n) is 2.91. The van der Waals surface area contributed by atoms with E-state index in [4.69, 9.17) is 5.11 Å². The van der Waals surface area contributed by atoms with Crippen LogP contribution in [0.3, 0.4) is 0 Å². The van der Waals surface area contributed by atoms with Gasteiger partial charge in [0.05, 0.1) is 5.92 Å². The van der Waals surface area contributed by atoms with Crippen LogP contribution >= 0.6 is 0 Å². The topological polar surface area (TPSA) is 57.6 Å². The maximum Gasteiger partial charge on any atom is 0.307 e. The van der Waals surface area contributed by atoms with E-state index in [0.717, 1.165) is 38.8 Å². The zero-order valence-electron chi connectivity index (χ0n) is 10.6. The van der Waals surface area contributed by atoms with Gasteiger partial charge in [0.15, 0.2) is 0 Å². The van der Waals surface area contributed by atoms with E-state index in [1.165, 1.54) is 0 Å². The number of hydrogen-bond donors (Lipinski definition) is 1. The van der Waals surface area contributed by atoms with Gasteiger partial charge >= 0.3 is 5.97 Å². The number of piperidine rings is 1. The molecule has 2 rings (SSSR count). The minimum atomic E-state index is -0.660. The van der Waals surface area contributed by atoms with Gasteiger partial charge < -0.3 is 10.0 Å². The second kappa shape index (κ2) is 4.31. The Morgan fingerprint density at radius 2 is 2.00 bits per heavy atom. The van der Waals surface area contributed by atoms with E-state index in [2.05, 4.69) is 0 Å². The number of carboxylic acid groups (broad SMARTS) is 1. The molecule has 1 saturated carbocycles. The summed E-state index contributed by atoms with van der Waals surface area (Å²) in [6, 6.07) is 0. The molecular weight excluding hydrogens is 218 g/mol. The molecule has 0 bridgehead atoms. The van der Waals surface area contributed by atoms with E-state index < -0.39 is 5.97 Å². The average molecular weight is 239 g/mol. The fourth-order valence-corrected chi connectivity index (χ4v) is 2.91. The van der Waals surface area contributed by atoms with E-state index in [-0.39, 0.29) is 23.2 Å². The molecular formula is C13H21NO3. The predicted molar refractivity (Wildman–Crippen MR) is 63.4 cm³/mol. The van der Waals surface area contributed by atoms with Gasteiger partial charge in [0.25, 0.3) is 0 Å². The summed E-state index contributed by atoms with van der Waals surface area (Å²) < 4.78 is 0. The number of likely N-dealkylation sites (tertiary alicyclic amines) is 1. The molecule has 0 aromatic heterocycles. The van der Waals surface area contributed by atoms with Crippen molar-refractivity contribution in [1.82, 2.24) is 4.90 Å². The minimum Gasteiger partial charge on any atom is -0.481 e. The average Bonchev–Trinajstić information content (AvgIpc) is 3.03. The van der Waals surface area contributed by atoms with Crippen molar-refractivity contribution in [2.45, 2.75) is 39.5 Å². The molecule has 1 heterocycles. The van der Waals surface area contributed by atoms with Gasteiger partial charge in [-0.3, -0.25) is 9.59 Å². The Labute approximate surface area is 102 Å². The highest BCUT2D eigenvalue weighted by Gasteiger charge is 2.59. The molecule has 0 radical (unpaired) electrons. The lowest BCUT2D eigenvalue weighted by atomic mass is 9.90. The maximum absolute atomic E-state index is 12.0. The van der Waals surface area contributed by atoms with Crippen molar-refractivity contribution in [3.8, 4) is 0 Å². The standard InChI is InChI=1S/C13H21NO3/c1-3-9(2)11(15)14-6-4-13(5-7-14)8-10(13)12(16)17/h9-10H,3-8H2,1-2H3,(H,16,17). The molecule has 96 valence electrons. The molecule has 17 heavy (non-hydrogen) atoms. The van der Waals surface area contributed by atoms with Gasteiger partial charge in [-0.1, -0.05) is 13.8 Å². The van der Waals surface area contributed by atoms with Crippen molar-refractivity contribution in [2.75, 3.05) is 13.1 Å². The second-order valence-electron chi connectivity index (χ2n) is 5.59. The Bertz CT molecular complexity index is 332. The molecule has 4 heteroatoms. The van der Waals surface area contributed by atoms with E-state index in [9.17, 15) is 9.59 Å². The lowest BCUT2D eigenvalue weighted by Crippen LogP contribution is -2.42. The fraction of sp³-hybridized carbons (Fsp3) is 0.846. The predicted octanol–water partition coefficient (Wildman–Crippen LogP) is 1.75. The molecule has 1 saturated heterocycles. The number of nitrogens with zero attached hydrogens (tertiary/aromatic N) is 1. The van der Waals surface area contributed by atoms with Gasteiger partial charge in [-0.05, 0) is 31.1 Å². The van der Waals surface area contributed by atoms with Gasteiger partial charge in [-0.2, -0.15) is 0 Å². The molecule has 1 spiro atoms. The molecule has 0 aromatic carbocycles. The van der Waals surface area contributed by atoms with Gasteiger partial charge in [-0.25, -0.2) is 0 Å². The van der Waals surface area contributed by atoms with Crippen LogP contribution in [0.2, 0.25) is 0 Å². The van der Waals surface area contributed by atoms with Gasteiger partial charge in [0, 0.05) is 19.0 Å². The van der Waals surface area contributed by atoms with Gasteiger partial charge in [0.2, 0.25) is 5.91 Å². The Morgan fingerprint density at radius 3 is 2.41 bits per heavy atom. The first kappa shape index (κ1) is 12.4. The third-order valence-corrected chi connectivity index (χ3v) is 4.59. The van der Waals surface area contributed by atoms with Crippen molar-refractivity contribution in [3.63, 3.8) is 0 Å². The SMILES string of the molecule is CCC(C)C(=O)N1CCC2(CC1)CC2C(=O)O. The van der Waals surface area contributed by atoms with Crippen LogP contribution in [0.4, 0.5) is 0 Å². The summed E-state index contributed by atoms with van der Waals surface area (Å²) in [7, 11) is 0. The molecule has 2 atom stereocenters. The largest absolute Gasteiger partial charge is 0.481 e. The molecule has 1 amide bonds. The number of carbonyl (C=O) groups is 2. The minimum absolute atomic E-state index is 0.0259. The molecule has 1 aliphatic heterocycles. The first-order chi connectivity index (χ1) is 8.00. The molecule has 0 aromatic rings. The number of rotatable bonds is 3. The zero-order chi connectivity index (χ0) is 12.6. The molecule has 2 aliphatic rings. The van der Waals surface area contributed by atoms with Gasteiger partial charge in [-0.15, -0.1) is 0 Å². The lowest BCUT2D eigenvalue weighted by Gasteiger charge is -2.34. The molecule has 1 aliphatic carbocycles. The Kier molecular flexibility index (Phi) is 3.15. The number of carbonyl (C=O) groups excluding carboxylic acids is 1. The van der Waals surface area contributed by atoms with Crippen LogP contribution in [0, 0.1) is 17.3 Å². The Morgan fingerprint density at radius 1 is 1.41 bits per heavy atom. The smallest absolute Gasteiger partial charge is 0.307 e. The van der Waals surface area contributed by atoms with E-state index in [1.54, 1.807) is 0 Å². The summed E-state index contributed by atoms with van der Waals surface area (Å²) in [5, 5.41) is 8.99. The maximum atomic E-state index is 12.0. The number of aliphatic carboxylic acids is 1. The highest BCUT2D eigenvalue weighted by Crippen LogP contribution is 2.59. The molecule has 4 nitrogen and oxygen atoms in total. The van der Waals surface area contributed by atoms with Crippen molar-refractivity contribution in [3.05, 3.63) is 0 Å². The summed E-state index contributed by atoms with van der Waals surface area (Å²) in [5.74, 6) is -0.483. The number of amides is 1. The van der Waals surface area contributed by atoms with Crippen LogP contribution in [0.1, 0.15) is 39.5 Å². The van der Waals surface area contributed by atoms with Crippen LogP contribution in [-0.4, -0.2) is 35.0 Å². The molecule has 1 N–H and O–H groups in total. The van der Waals surface area contributed by atoms with E-state index in [0.29, 0.717) is 0 Å². The molecule has 2 unspecified atom stereocenters. The first-order valence-electron chi connectivity index (χ1n) is 6.52. The third kappa shape index (κ3) is 2.17. The highest BCUT2D eigenvalue weighted by atomic mass is 16.4. The quantitative estimate of drug-likeness (QED) is 0.816. The van der Waals surface area contributed by atoms with Crippen LogP contribution < -0.4 is 0 Å². The summed E-state index contributed by atoms with van der Waals surface area (Å²) in [5.41, 5.74) is 0.0259. The van der Waals surface area contributed by atoms with Crippen LogP contribution in [0.15, 0.2) is 0 Å². The summed E-state index contributed by atoms with van der Waals surface area (Å²) >= 11 is 0. The number of hydrogen-bond acceptors (Lipinski definition) is 2. The Balaban J connectivity index is 1.87. The van der Waals surface area contributed by atoms with Crippen LogP contribution in [-0.2, 0) is 9.59 Å². The lowest BCUT2D eigenvalue weighted by molar-refractivity contribution is -0.140. The van der Waals surface area contributed by atoms with Crippen molar-refractivity contribution in [1.29, 1.82) is 0 Å². The van der Waals surface area contributed by atoms with Crippen LogP contribution in [0.25, 0.3) is 0 Å². The van der Waals surface area contributed by atoms with E-state index >= 15 is 0 Å². The van der Waals surface area contributed by atoms with Crippen molar-refractivity contribution in [2.24, 2.45) is 17.3 Å². The first-order valence-corrected chi connectivity index (χ1v) is 6.52. The van der Waals surface area contributed by atoms with Gasteiger partial charge in [0.1, 0.15) is 0 Å². The van der Waals surface area contributed by atoms with Crippen molar-refractivity contribution >= 4 is 11.9 Å². The second-order valence-corrected chi connectivity index (χ2v) is 5.59. The Hall–Kier alpha value is -1.06. The molecule has 2 fully saturated rings. The summed E-state index contributed by atoms with van der Waals surface area (Å²) in [4.78, 5) is 24.8. The number of carboxylic acids is 1.